The van der Waals surface area contributed by atoms with Crippen LogP contribution >= 0.6 is 0 Å². The van der Waals surface area contributed by atoms with E-state index in [1.165, 1.54) is 6.26 Å². The van der Waals surface area contributed by atoms with Crippen LogP contribution in [0.4, 0.5) is 10.5 Å². The molecule has 2 fully saturated rings. The van der Waals surface area contributed by atoms with Crippen molar-refractivity contribution in [1.29, 1.82) is 0 Å². The predicted octanol–water partition coefficient (Wildman–Crippen LogP) is 2.40. The van der Waals surface area contributed by atoms with E-state index in [2.05, 4.69) is 16.0 Å². The largest absolute Gasteiger partial charge is 0.467 e. The predicted molar refractivity (Wildman–Crippen MR) is 111 cm³/mol. The maximum Gasteiger partial charge on any atom is 0.325 e. The van der Waals surface area contributed by atoms with Gasteiger partial charge in [0.2, 0.25) is 5.91 Å². The topological polar surface area (TPSA) is 121 Å². The number of para-hydroxylation sites is 1. The molecule has 162 valence electrons. The molecule has 2 aliphatic rings. The van der Waals surface area contributed by atoms with E-state index in [-0.39, 0.29) is 37.2 Å². The first-order valence-corrected chi connectivity index (χ1v) is 10.3. The molecule has 31 heavy (non-hydrogen) atoms. The van der Waals surface area contributed by atoms with Crippen LogP contribution in [0, 0.1) is 0 Å². The fourth-order valence-electron chi connectivity index (χ4n) is 4.09. The Hall–Kier alpha value is -3.62. The van der Waals surface area contributed by atoms with E-state index in [4.69, 9.17) is 4.42 Å². The first kappa shape index (κ1) is 20.6. The van der Waals surface area contributed by atoms with Crippen LogP contribution in [0.25, 0.3) is 0 Å². The van der Waals surface area contributed by atoms with Crippen molar-refractivity contribution in [2.75, 3.05) is 11.9 Å². The molecular weight excluding hydrogens is 400 g/mol. The Labute approximate surface area is 179 Å². The molecule has 0 unspecified atom stereocenters. The number of hydrogen-bond acceptors (Lipinski definition) is 5. The quantitative estimate of drug-likeness (QED) is 0.590. The fourth-order valence-corrected chi connectivity index (χ4v) is 4.09. The van der Waals surface area contributed by atoms with Gasteiger partial charge < -0.3 is 20.4 Å². The van der Waals surface area contributed by atoms with Gasteiger partial charge in [-0.3, -0.25) is 19.3 Å². The summed E-state index contributed by atoms with van der Waals surface area (Å²) in [7, 11) is 0. The molecule has 1 aromatic carbocycles. The monoisotopic (exact) mass is 424 g/mol. The molecule has 5 amide bonds. The molecule has 0 radical (unpaired) electrons. The lowest BCUT2D eigenvalue weighted by atomic mass is 9.98. The first-order chi connectivity index (χ1) is 15.0. The molecular formula is C22H24N4O5. The van der Waals surface area contributed by atoms with Gasteiger partial charge in [-0.2, -0.15) is 0 Å². The van der Waals surface area contributed by atoms with Gasteiger partial charge in [0.05, 0.1) is 24.1 Å². The highest BCUT2D eigenvalue weighted by atomic mass is 16.3. The number of nitrogens with zero attached hydrogens (tertiary/aromatic N) is 1. The maximum atomic E-state index is 12.7. The second-order valence-corrected chi connectivity index (χ2v) is 7.78. The molecule has 9 nitrogen and oxygen atoms in total. The summed E-state index contributed by atoms with van der Waals surface area (Å²) in [5.74, 6) is -0.382. The maximum absolute atomic E-state index is 12.7. The number of nitrogens with one attached hydrogen (secondary N) is 3. The second-order valence-electron chi connectivity index (χ2n) is 7.78. The minimum absolute atomic E-state index is 0.00882. The lowest BCUT2D eigenvalue weighted by Crippen LogP contribution is -2.44. The van der Waals surface area contributed by atoms with Crippen LogP contribution in [-0.2, 0) is 16.1 Å². The second kappa shape index (κ2) is 8.63. The molecule has 1 aliphatic heterocycles. The number of imide groups is 1. The van der Waals surface area contributed by atoms with Crippen LogP contribution in [0.15, 0.2) is 47.1 Å². The van der Waals surface area contributed by atoms with E-state index in [1.807, 2.05) is 0 Å². The van der Waals surface area contributed by atoms with Crippen molar-refractivity contribution in [3.05, 3.63) is 54.0 Å². The van der Waals surface area contributed by atoms with E-state index in [1.54, 1.807) is 36.4 Å². The fraction of sp³-hybridized carbons (Fsp3) is 0.364. The van der Waals surface area contributed by atoms with Crippen LogP contribution in [-0.4, -0.2) is 40.7 Å². The molecule has 0 atom stereocenters. The zero-order chi connectivity index (χ0) is 21.8. The first-order valence-electron chi connectivity index (χ1n) is 10.3. The highest BCUT2D eigenvalue weighted by molar-refractivity contribution is 6.08. The van der Waals surface area contributed by atoms with E-state index >= 15 is 0 Å². The Bertz CT molecular complexity index is 995. The molecule has 2 aromatic rings. The standard InChI is InChI=1S/C22H24N4O5/c27-18(9-12-26-20(29)22(25-21(26)30)10-3-4-11-22)24-17-8-2-1-7-16(17)19(28)23-14-15-6-5-13-31-15/h1-2,5-8,13H,3-4,9-12,14H2,(H,23,28)(H,24,27)(H,25,30). The molecule has 2 heterocycles. The van der Waals surface area contributed by atoms with Gasteiger partial charge in [0.25, 0.3) is 11.8 Å². The van der Waals surface area contributed by atoms with Crippen molar-refractivity contribution in [3.63, 3.8) is 0 Å². The molecule has 1 spiro atoms. The van der Waals surface area contributed by atoms with Crippen LogP contribution in [0.2, 0.25) is 0 Å². The number of carbonyl (C=O) groups excluding carboxylic acids is 4. The third-order valence-corrected chi connectivity index (χ3v) is 5.71. The van der Waals surface area contributed by atoms with Gasteiger partial charge in [-0.1, -0.05) is 25.0 Å². The van der Waals surface area contributed by atoms with E-state index in [9.17, 15) is 19.2 Å². The van der Waals surface area contributed by atoms with Crippen LogP contribution in [0.1, 0.15) is 48.2 Å². The van der Waals surface area contributed by atoms with Crippen molar-refractivity contribution >= 4 is 29.4 Å². The van der Waals surface area contributed by atoms with Gasteiger partial charge in [-0.25, -0.2) is 4.79 Å². The average molecular weight is 424 g/mol. The highest BCUT2D eigenvalue weighted by Gasteiger charge is 2.52. The molecule has 9 heteroatoms. The van der Waals surface area contributed by atoms with Crippen LogP contribution in [0.3, 0.4) is 0 Å². The van der Waals surface area contributed by atoms with Crippen molar-refractivity contribution in [1.82, 2.24) is 15.5 Å². The van der Waals surface area contributed by atoms with Crippen molar-refractivity contribution in [2.45, 2.75) is 44.2 Å². The number of carbonyl (C=O) groups is 4. The number of benzene rings is 1. The summed E-state index contributed by atoms with van der Waals surface area (Å²) in [6.07, 6.45) is 4.55. The molecule has 4 rings (SSSR count). The highest BCUT2D eigenvalue weighted by Crippen LogP contribution is 2.35. The third-order valence-electron chi connectivity index (χ3n) is 5.71. The molecule has 3 N–H and O–H groups in total. The zero-order valence-corrected chi connectivity index (χ0v) is 17.0. The summed E-state index contributed by atoms with van der Waals surface area (Å²) in [4.78, 5) is 51.0. The lowest BCUT2D eigenvalue weighted by Gasteiger charge is -2.20. The van der Waals surface area contributed by atoms with Crippen LogP contribution in [0.5, 0.6) is 0 Å². The molecule has 0 bridgehead atoms. The number of rotatable bonds is 7. The molecule has 1 saturated carbocycles. The third kappa shape index (κ3) is 4.30. The van der Waals surface area contributed by atoms with Crippen molar-refractivity contribution in [2.24, 2.45) is 0 Å². The Morgan fingerprint density at radius 3 is 2.61 bits per heavy atom. The van der Waals surface area contributed by atoms with Gasteiger partial charge in [0.1, 0.15) is 11.3 Å². The number of urea groups is 1. The summed E-state index contributed by atoms with van der Waals surface area (Å²) in [6, 6.07) is 9.67. The van der Waals surface area contributed by atoms with Crippen molar-refractivity contribution < 1.29 is 23.6 Å². The Morgan fingerprint density at radius 1 is 1.10 bits per heavy atom. The molecule has 1 aliphatic carbocycles. The number of anilines is 1. The van der Waals surface area contributed by atoms with Gasteiger partial charge in [0.15, 0.2) is 0 Å². The normalized spacial score (nSPS) is 17.1. The number of amides is 5. The number of furan rings is 1. The van der Waals surface area contributed by atoms with Gasteiger partial charge in [-0.05, 0) is 37.1 Å². The summed E-state index contributed by atoms with van der Waals surface area (Å²) in [6.45, 7) is 0.215. The minimum Gasteiger partial charge on any atom is -0.467 e. The van der Waals surface area contributed by atoms with Gasteiger partial charge in [-0.15, -0.1) is 0 Å². The Morgan fingerprint density at radius 2 is 1.87 bits per heavy atom. The number of hydrogen-bond donors (Lipinski definition) is 3. The molecule has 1 saturated heterocycles. The van der Waals surface area contributed by atoms with E-state index in [0.717, 1.165) is 17.7 Å². The summed E-state index contributed by atoms with van der Waals surface area (Å²) >= 11 is 0. The summed E-state index contributed by atoms with van der Waals surface area (Å²) < 4.78 is 5.20. The molecule has 1 aromatic heterocycles. The minimum atomic E-state index is -0.785. The zero-order valence-electron chi connectivity index (χ0n) is 17.0. The van der Waals surface area contributed by atoms with E-state index < -0.39 is 11.6 Å². The smallest absolute Gasteiger partial charge is 0.325 e. The average Bonchev–Trinajstić information content (AvgIpc) is 3.49. The summed E-state index contributed by atoms with van der Waals surface area (Å²) in [5, 5.41) is 8.25. The Kier molecular flexibility index (Phi) is 5.75. The van der Waals surface area contributed by atoms with E-state index in [0.29, 0.717) is 29.9 Å². The SMILES string of the molecule is O=C(CCN1C(=O)NC2(CCCC2)C1=O)Nc1ccccc1C(=O)NCc1ccco1. The van der Waals surface area contributed by atoms with Crippen LogP contribution < -0.4 is 16.0 Å². The van der Waals surface area contributed by atoms with Crippen molar-refractivity contribution in [3.8, 4) is 0 Å². The Balaban J connectivity index is 1.34. The van der Waals surface area contributed by atoms with Gasteiger partial charge >= 0.3 is 6.03 Å². The van der Waals surface area contributed by atoms with Gasteiger partial charge in [0, 0.05) is 13.0 Å². The summed E-state index contributed by atoms with van der Waals surface area (Å²) in [5.41, 5.74) is -0.122. The lowest BCUT2D eigenvalue weighted by molar-refractivity contribution is -0.131.